The Hall–Kier alpha value is -2.50. The van der Waals surface area contributed by atoms with Crippen LogP contribution in [-0.4, -0.2) is 88.9 Å². The van der Waals surface area contributed by atoms with E-state index in [-0.39, 0.29) is 5.91 Å². The first-order valence-electron chi connectivity index (χ1n) is 14.5. The quantitative estimate of drug-likeness (QED) is 0.0923. The monoisotopic (exact) mass is 603 g/mol. The Balaban J connectivity index is 0.000000262. The molecule has 4 fully saturated rings. The second-order valence-corrected chi connectivity index (χ2v) is 11.9. The molecular weight excluding hydrogens is 555 g/mol. The number of hydrogen-bond acceptors (Lipinski definition) is 9. The summed E-state index contributed by atoms with van der Waals surface area (Å²) in [4.78, 5) is 37.9. The lowest BCUT2D eigenvalue weighted by molar-refractivity contribution is -0.144. The van der Waals surface area contributed by atoms with Crippen LogP contribution in [0.5, 0.6) is 0 Å². The normalized spacial score (nSPS) is 21.3. The fourth-order valence-corrected chi connectivity index (χ4v) is 5.91. The minimum Gasteiger partial charge on any atom is -0.401 e. The highest BCUT2D eigenvalue weighted by Crippen LogP contribution is 2.33. The Morgan fingerprint density at radius 2 is 1.85 bits per heavy atom. The molecule has 3 N–H and O–H groups in total. The zero-order valence-corrected chi connectivity index (χ0v) is 27.1. The summed E-state index contributed by atoms with van der Waals surface area (Å²) in [7, 11) is 0. The number of thioether (sulfide) groups is 1. The van der Waals surface area contributed by atoms with Crippen molar-refractivity contribution < 1.29 is 9.59 Å². The Morgan fingerprint density at radius 3 is 2.34 bits per heavy atom. The maximum absolute atomic E-state index is 11.7. The minimum atomic E-state index is 0.284. The Bertz CT molecular complexity index is 1020. The molecule has 4 aliphatic rings. The number of nitrogens with one attached hydrogen (secondary N) is 1. The molecule has 2 atom stereocenters. The van der Waals surface area contributed by atoms with E-state index >= 15 is 0 Å². The Kier molecular flexibility index (Phi) is 15.3. The number of hydrogen-bond donors (Lipinski definition) is 3. The zero-order valence-electron chi connectivity index (χ0n) is 25.4. The molecule has 2 bridgehead atoms. The van der Waals surface area contributed by atoms with Gasteiger partial charge >= 0.3 is 0 Å². The predicted molar refractivity (Wildman–Crippen MR) is 176 cm³/mol. The van der Waals surface area contributed by atoms with Crippen LogP contribution < -0.4 is 11.1 Å². The molecule has 1 aromatic rings. The number of nitrogens with two attached hydrogens (primary N) is 1. The number of allylic oxidation sites excluding steroid dienone is 1. The van der Waals surface area contributed by atoms with Crippen molar-refractivity contribution in [3.63, 3.8) is 0 Å². The van der Waals surface area contributed by atoms with Crippen molar-refractivity contribution in [1.82, 2.24) is 19.7 Å². The molecule has 41 heavy (non-hydrogen) atoms. The number of carbonyl (C=O) groups is 2. The van der Waals surface area contributed by atoms with Crippen molar-refractivity contribution in [2.75, 3.05) is 37.4 Å². The average molecular weight is 604 g/mol. The number of rotatable bonds is 9. The topological polar surface area (TPSA) is 107 Å². The standard InChI is InChI=1S/C14H23N3O2.C13H18N4S2.C3H8/c1-2-14(19)15-5-3-11(4-6-15)16-8-12-7-13(9-16)17(12)10-18;1-9-4-5-12(16-6-9)17-8-19-7-11(15-3)13(18)10(2)14;1-3-2/h10-13H,2-9H2,1H3;4-7,18H,3,8,14H2,1-2H3,(H,16,17);3H2,1-2H3/b;11-7-,13-10-;/t12-,13+;;. The number of nitrogens with zero attached hydrogens (tertiary/aromatic N) is 5. The number of pyridine rings is 1. The first-order valence-corrected chi connectivity index (χ1v) is 16.0. The maximum Gasteiger partial charge on any atom is 0.222 e. The number of piperazine rings is 1. The van der Waals surface area contributed by atoms with Crippen LogP contribution in [0.3, 0.4) is 0 Å². The summed E-state index contributed by atoms with van der Waals surface area (Å²) in [6, 6.07) is 5.47. The lowest BCUT2D eigenvalue weighted by Gasteiger charge is -2.57. The van der Waals surface area contributed by atoms with Gasteiger partial charge in [0.05, 0.1) is 11.6 Å². The lowest BCUT2D eigenvalue weighted by atomic mass is 9.86. The van der Waals surface area contributed by atoms with E-state index in [0.29, 0.717) is 46.7 Å². The number of anilines is 1. The van der Waals surface area contributed by atoms with Crippen molar-refractivity contribution in [2.45, 2.75) is 84.8 Å². The molecule has 0 aromatic carbocycles. The molecule has 0 spiro atoms. The highest BCUT2D eigenvalue weighted by molar-refractivity contribution is 8.02. The number of aryl methyl sites for hydroxylation is 1. The maximum atomic E-state index is 11.7. The summed E-state index contributed by atoms with van der Waals surface area (Å²) in [5, 5.41) is 5.06. The molecule has 0 radical (unpaired) electrons. The lowest BCUT2D eigenvalue weighted by Crippen LogP contribution is -2.69. The highest BCUT2D eigenvalue weighted by atomic mass is 32.2. The van der Waals surface area contributed by atoms with Crippen molar-refractivity contribution in [3.05, 3.63) is 45.6 Å². The van der Waals surface area contributed by atoms with Crippen LogP contribution >= 0.6 is 24.4 Å². The van der Waals surface area contributed by atoms with Crippen molar-refractivity contribution in [1.29, 1.82) is 0 Å². The summed E-state index contributed by atoms with van der Waals surface area (Å²) < 4.78 is 0. The summed E-state index contributed by atoms with van der Waals surface area (Å²) >= 11 is 5.83. The summed E-state index contributed by atoms with van der Waals surface area (Å²) in [6.45, 7) is 17.3. The van der Waals surface area contributed by atoms with Gasteiger partial charge in [0.25, 0.3) is 0 Å². The molecule has 4 saturated heterocycles. The van der Waals surface area contributed by atoms with Gasteiger partial charge in [-0.3, -0.25) is 19.5 Å². The summed E-state index contributed by atoms with van der Waals surface area (Å²) in [5.41, 5.74) is 8.09. The fraction of sp³-hybridized carbons (Fsp3) is 0.600. The second kappa shape index (κ2) is 18.1. The number of aromatic nitrogens is 1. The van der Waals surface area contributed by atoms with E-state index in [1.807, 2.05) is 47.4 Å². The van der Waals surface area contributed by atoms with Gasteiger partial charge in [0.1, 0.15) is 5.82 Å². The van der Waals surface area contributed by atoms with Gasteiger partial charge in [-0.1, -0.05) is 33.3 Å². The van der Waals surface area contributed by atoms with Crippen molar-refractivity contribution in [3.8, 4) is 0 Å². The van der Waals surface area contributed by atoms with Crippen LogP contribution in [0.2, 0.25) is 0 Å². The Morgan fingerprint density at radius 1 is 1.22 bits per heavy atom. The minimum absolute atomic E-state index is 0.284. The van der Waals surface area contributed by atoms with Crippen molar-refractivity contribution in [2.24, 2.45) is 10.7 Å². The SMILES string of the molecule is C=NC(=C\SCNc1ccc(C)cn1)/C(S)=C(\C)N.CCC.CCC(=O)N1CCC(N2C[C@H]3C[C@@H](C2)N3C=O)CC1. The van der Waals surface area contributed by atoms with E-state index in [2.05, 4.69) is 53.4 Å². The van der Waals surface area contributed by atoms with Gasteiger partial charge in [-0.2, -0.15) is 0 Å². The molecule has 0 aliphatic carbocycles. The van der Waals surface area contributed by atoms with Crippen LogP contribution in [0.4, 0.5) is 5.82 Å². The predicted octanol–water partition coefficient (Wildman–Crippen LogP) is 4.87. The number of thiol groups is 1. The van der Waals surface area contributed by atoms with E-state index in [1.165, 1.54) is 12.8 Å². The second-order valence-electron chi connectivity index (χ2n) is 10.6. The smallest absolute Gasteiger partial charge is 0.222 e. The Labute approximate surface area is 256 Å². The first kappa shape index (κ1) is 34.7. The molecule has 11 heteroatoms. The molecule has 0 unspecified atom stereocenters. The third kappa shape index (κ3) is 10.7. The van der Waals surface area contributed by atoms with E-state index in [4.69, 9.17) is 5.73 Å². The van der Waals surface area contributed by atoms with Gasteiger partial charge < -0.3 is 20.9 Å². The molecule has 4 aliphatic heterocycles. The molecular formula is C30H49N7O2S2. The number of likely N-dealkylation sites (tertiary alicyclic amines) is 1. The van der Waals surface area contributed by atoms with Gasteiger partial charge in [0.2, 0.25) is 12.3 Å². The molecule has 0 saturated carbocycles. The van der Waals surface area contributed by atoms with Crippen LogP contribution in [0.25, 0.3) is 0 Å². The third-order valence-corrected chi connectivity index (χ3v) is 8.55. The molecule has 228 valence electrons. The largest absolute Gasteiger partial charge is 0.401 e. The summed E-state index contributed by atoms with van der Waals surface area (Å²) in [5.74, 6) is 1.81. The van der Waals surface area contributed by atoms with E-state index in [1.54, 1.807) is 18.7 Å². The van der Waals surface area contributed by atoms with Crippen LogP contribution in [0.15, 0.2) is 45.0 Å². The highest BCUT2D eigenvalue weighted by Gasteiger charge is 2.45. The van der Waals surface area contributed by atoms with Crippen LogP contribution in [-0.2, 0) is 9.59 Å². The first-order chi connectivity index (χ1) is 19.7. The number of amides is 2. The van der Waals surface area contributed by atoms with Crippen LogP contribution in [0, 0.1) is 6.92 Å². The molecule has 2 amide bonds. The fourth-order valence-electron chi connectivity index (χ4n) is 5.02. The third-order valence-electron chi connectivity index (χ3n) is 7.27. The van der Waals surface area contributed by atoms with Gasteiger partial charge in [0, 0.05) is 67.5 Å². The van der Waals surface area contributed by atoms with E-state index in [9.17, 15) is 9.59 Å². The van der Waals surface area contributed by atoms with Crippen LogP contribution in [0.1, 0.15) is 65.4 Å². The number of carbonyl (C=O) groups excluding carboxylic acids is 2. The number of fused-ring (bicyclic) bond motifs is 2. The zero-order chi connectivity index (χ0) is 30.4. The molecule has 5 rings (SSSR count). The molecule has 9 nitrogen and oxygen atoms in total. The van der Waals surface area contributed by atoms with E-state index < -0.39 is 0 Å². The van der Waals surface area contributed by atoms with Gasteiger partial charge in [-0.05, 0) is 56.9 Å². The van der Waals surface area contributed by atoms with Gasteiger partial charge in [-0.25, -0.2) is 4.98 Å². The number of piperidine rings is 2. The van der Waals surface area contributed by atoms with E-state index in [0.717, 1.165) is 56.8 Å². The number of aliphatic imine (C=N–C) groups is 1. The average Bonchev–Trinajstić information content (AvgIpc) is 2.98. The molecule has 5 heterocycles. The van der Waals surface area contributed by atoms with Gasteiger partial charge in [0.15, 0.2) is 0 Å². The van der Waals surface area contributed by atoms with Gasteiger partial charge in [-0.15, -0.1) is 24.4 Å². The van der Waals surface area contributed by atoms with Crippen molar-refractivity contribution >= 4 is 49.2 Å². The molecule has 1 aromatic heterocycles. The summed E-state index contributed by atoms with van der Waals surface area (Å²) in [6.07, 6.45) is 8.07.